The zero-order valence-corrected chi connectivity index (χ0v) is 13.1. The molecule has 4 heterocycles. The third-order valence-electron chi connectivity index (χ3n) is 3.91. The Kier molecular flexibility index (Phi) is 3.18. The Morgan fingerprint density at radius 1 is 1.22 bits per heavy atom. The molecule has 116 valence electrons. The first-order valence-electron chi connectivity index (χ1n) is 7.61. The second-order valence-electron chi connectivity index (χ2n) is 5.44. The number of hydrogen-bond acceptors (Lipinski definition) is 4. The first-order valence-corrected chi connectivity index (χ1v) is 7.61. The normalized spacial score (nSPS) is 11.4. The third-order valence-corrected chi connectivity index (χ3v) is 3.91. The summed E-state index contributed by atoms with van der Waals surface area (Å²) in [6.07, 6.45) is 6.21. The molecule has 1 N–H and O–H groups in total. The minimum Gasteiger partial charge on any atom is -0.345 e. The molecular weight excluding hydrogens is 290 g/mol. The maximum atomic E-state index is 4.65. The minimum absolute atomic E-state index is 0.657. The molecule has 0 aliphatic carbocycles. The van der Waals surface area contributed by atoms with Gasteiger partial charge in [-0.15, -0.1) is 0 Å². The molecule has 0 spiro atoms. The van der Waals surface area contributed by atoms with E-state index < -0.39 is 0 Å². The second kappa shape index (κ2) is 5.35. The summed E-state index contributed by atoms with van der Waals surface area (Å²) in [4.78, 5) is 16.7. The lowest BCUT2D eigenvalue weighted by Crippen LogP contribution is -2.07. The number of aromatic amines is 1. The fourth-order valence-corrected chi connectivity index (χ4v) is 2.76. The van der Waals surface area contributed by atoms with Crippen molar-refractivity contribution < 1.29 is 0 Å². The maximum absolute atomic E-state index is 4.65. The number of aryl methyl sites for hydroxylation is 2. The first kappa shape index (κ1) is 13.7. The van der Waals surface area contributed by atoms with Crippen molar-refractivity contribution in [2.45, 2.75) is 26.8 Å². The summed E-state index contributed by atoms with van der Waals surface area (Å²) < 4.78 is 3.93. The van der Waals surface area contributed by atoms with Gasteiger partial charge in [0.15, 0.2) is 11.5 Å². The van der Waals surface area contributed by atoms with Crippen molar-refractivity contribution in [3.05, 3.63) is 54.1 Å². The highest BCUT2D eigenvalue weighted by Crippen LogP contribution is 2.21. The Labute approximate surface area is 133 Å². The van der Waals surface area contributed by atoms with Gasteiger partial charge >= 0.3 is 0 Å². The molecule has 0 saturated heterocycles. The van der Waals surface area contributed by atoms with Gasteiger partial charge in [-0.25, -0.2) is 19.5 Å². The van der Waals surface area contributed by atoms with Gasteiger partial charge in [-0.3, -0.25) is 0 Å². The van der Waals surface area contributed by atoms with Crippen LogP contribution in [-0.4, -0.2) is 34.1 Å². The molecule has 23 heavy (non-hydrogen) atoms. The molecule has 4 aromatic rings. The average molecular weight is 307 g/mol. The lowest BCUT2D eigenvalue weighted by Gasteiger charge is -2.08. The van der Waals surface area contributed by atoms with E-state index in [1.807, 2.05) is 35.8 Å². The number of nitrogens with zero attached hydrogens (tertiary/aromatic N) is 6. The van der Waals surface area contributed by atoms with Gasteiger partial charge in [0.1, 0.15) is 17.8 Å². The summed E-state index contributed by atoms with van der Waals surface area (Å²) in [5.74, 6) is 1.83. The average Bonchev–Trinajstić information content (AvgIpc) is 3.26. The number of pyridine rings is 1. The number of H-pyrrole nitrogens is 1. The van der Waals surface area contributed by atoms with Gasteiger partial charge in [0, 0.05) is 24.5 Å². The van der Waals surface area contributed by atoms with Gasteiger partial charge in [-0.1, -0.05) is 13.0 Å². The highest BCUT2D eigenvalue weighted by atomic mass is 15.3. The zero-order valence-electron chi connectivity index (χ0n) is 13.1. The molecular formula is C16H17N7. The topological polar surface area (TPSA) is 76.7 Å². The van der Waals surface area contributed by atoms with E-state index in [4.69, 9.17) is 0 Å². The molecule has 0 aromatic carbocycles. The number of aromatic nitrogens is 7. The van der Waals surface area contributed by atoms with E-state index >= 15 is 0 Å². The first-order chi connectivity index (χ1) is 11.3. The molecule has 0 unspecified atom stereocenters. The van der Waals surface area contributed by atoms with E-state index in [0.717, 1.165) is 40.8 Å². The van der Waals surface area contributed by atoms with Gasteiger partial charge < -0.3 is 9.55 Å². The monoisotopic (exact) mass is 307 g/mol. The number of imidazole rings is 2. The minimum atomic E-state index is 0.657. The fourth-order valence-electron chi connectivity index (χ4n) is 2.76. The van der Waals surface area contributed by atoms with Gasteiger partial charge in [0.25, 0.3) is 0 Å². The largest absolute Gasteiger partial charge is 0.345 e. The van der Waals surface area contributed by atoms with Crippen LogP contribution in [0.2, 0.25) is 0 Å². The van der Waals surface area contributed by atoms with Crippen LogP contribution < -0.4 is 0 Å². The lowest BCUT2D eigenvalue weighted by atomic mass is 10.3. The fraction of sp³-hybridized carbons (Fsp3) is 0.250. The summed E-state index contributed by atoms with van der Waals surface area (Å²) in [5, 5.41) is 4.29. The van der Waals surface area contributed by atoms with Crippen LogP contribution in [0.15, 0.2) is 36.9 Å². The summed E-state index contributed by atoms with van der Waals surface area (Å²) in [6.45, 7) is 4.77. The van der Waals surface area contributed by atoms with E-state index in [0.29, 0.717) is 6.54 Å². The maximum Gasteiger partial charge on any atom is 0.160 e. The Hall–Kier alpha value is -2.96. The van der Waals surface area contributed by atoms with Crippen LogP contribution in [0.5, 0.6) is 0 Å². The molecule has 0 aliphatic rings. The second-order valence-corrected chi connectivity index (χ2v) is 5.44. The summed E-state index contributed by atoms with van der Waals surface area (Å²) in [5.41, 5.74) is 3.82. The molecule has 0 saturated carbocycles. The van der Waals surface area contributed by atoms with Crippen LogP contribution in [-0.2, 0) is 13.0 Å². The van der Waals surface area contributed by atoms with Crippen molar-refractivity contribution in [2.24, 2.45) is 0 Å². The van der Waals surface area contributed by atoms with Crippen LogP contribution in [0.1, 0.15) is 24.1 Å². The summed E-state index contributed by atoms with van der Waals surface area (Å²) >= 11 is 0. The molecule has 0 bridgehead atoms. The van der Waals surface area contributed by atoms with Gasteiger partial charge in [-0.2, -0.15) is 5.10 Å². The standard InChI is InChI=1S/C16H17N7/c1-3-13-20-11(2)15(21-13)16-17-7-8-22(16)9-12-5-4-6-14-18-10-19-23(12)14/h4-8,10H,3,9H2,1-2H3,(H,20,21). The SMILES string of the molecule is CCc1nc(-c2nccn2Cc2cccc3ncnn23)c(C)[nH]1. The summed E-state index contributed by atoms with van der Waals surface area (Å²) in [6, 6.07) is 5.97. The van der Waals surface area contributed by atoms with E-state index in [1.165, 1.54) is 0 Å². The van der Waals surface area contributed by atoms with Crippen molar-refractivity contribution in [1.29, 1.82) is 0 Å². The Morgan fingerprint density at radius 2 is 2.13 bits per heavy atom. The zero-order chi connectivity index (χ0) is 15.8. The Morgan fingerprint density at radius 3 is 2.96 bits per heavy atom. The molecule has 0 atom stereocenters. The number of rotatable bonds is 4. The van der Waals surface area contributed by atoms with Gasteiger partial charge in [-0.05, 0) is 19.1 Å². The Balaban J connectivity index is 1.75. The number of hydrogen-bond donors (Lipinski definition) is 1. The highest BCUT2D eigenvalue weighted by Gasteiger charge is 2.14. The molecule has 0 radical (unpaired) electrons. The van der Waals surface area contributed by atoms with E-state index in [-0.39, 0.29) is 0 Å². The predicted molar refractivity (Wildman–Crippen MR) is 86.0 cm³/mol. The van der Waals surface area contributed by atoms with Crippen molar-refractivity contribution in [3.8, 4) is 11.5 Å². The van der Waals surface area contributed by atoms with Crippen LogP contribution in [0.4, 0.5) is 0 Å². The van der Waals surface area contributed by atoms with Crippen molar-refractivity contribution in [1.82, 2.24) is 34.1 Å². The smallest absolute Gasteiger partial charge is 0.160 e. The predicted octanol–water partition coefficient (Wildman–Crippen LogP) is 2.24. The van der Waals surface area contributed by atoms with Gasteiger partial charge in [0.05, 0.1) is 12.2 Å². The summed E-state index contributed by atoms with van der Waals surface area (Å²) in [7, 11) is 0. The quantitative estimate of drug-likeness (QED) is 0.627. The van der Waals surface area contributed by atoms with E-state index in [2.05, 4.69) is 36.5 Å². The highest BCUT2D eigenvalue weighted by molar-refractivity contribution is 5.54. The van der Waals surface area contributed by atoms with Crippen molar-refractivity contribution >= 4 is 5.65 Å². The Bertz CT molecular complexity index is 960. The van der Waals surface area contributed by atoms with Gasteiger partial charge in [0.2, 0.25) is 0 Å². The number of nitrogens with one attached hydrogen (secondary N) is 1. The number of fused-ring (bicyclic) bond motifs is 1. The molecule has 0 aliphatic heterocycles. The van der Waals surface area contributed by atoms with Crippen LogP contribution in [0, 0.1) is 6.92 Å². The molecule has 7 nitrogen and oxygen atoms in total. The molecule has 0 fully saturated rings. The molecule has 4 aromatic heterocycles. The molecule has 7 heteroatoms. The van der Waals surface area contributed by atoms with E-state index in [9.17, 15) is 0 Å². The lowest BCUT2D eigenvalue weighted by molar-refractivity contribution is 0.738. The van der Waals surface area contributed by atoms with Crippen LogP contribution >= 0.6 is 0 Å². The third kappa shape index (κ3) is 2.30. The van der Waals surface area contributed by atoms with E-state index in [1.54, 1.807) is 12.5 Å². The van der Waals surface area contributed by atoms with Crippen molar-refractivity contribution in [3.63, 3.8) is 0 Å². The van der Waals surface area contributed by atoms with Crippen LogP contribution in [0.25, 0.3) is 17.2 Å². The van der Waals surface area contributed by atoms with Crippen LogP contribution in [0.3, 0.4) is 0 Å². The van der Waals surface area contributed by atoms with Crippen molar-refractivity contribution in [2.75, 3.05) is 0 Å². The molecule has 4 rings (SSSR count). The molecule has 0 amide bonds.